The smallest absolute Gasteiger partial charge is 0.273 e. The molecule has 1 fully saturated rings. The zero-order valence-corrected chi connectivity index (χ0v) is 14.3. The summed E-state index contributed by atoms with van der Waals surface area (Å²) in [4.78, 5) is 23.4. The molecule has 1 aliphatic rings. The van der Waals surface area contributed by atoms with Gasteiger partial charge < -0.3 is 14.6 Å². The van der Waals surface area contributed by atoms with Gasteiger partial charge in [-0.25, -0.2) is 0 Å². The van der Waals surface area contributed by atoms with Gasteiger partial charge in [0.15, 0.2) is 17.2 Å². The lowest BCUT2D eigenvalue weighted by Crippen LogP contribution is -2.36. The second-order valence-corrected chi connectivity index (χ2v) is 6.36. The van der Waals surface area contributed by atoms with Crippen LogP contribution < -0.4 is 10.1 Å². The predicted octanol–water partition coefficient (Wildman–Crippen LogP) is 3.52. The molecular formula is C19H22N2O4. The summed E-state index contributed by atoms with van der Waals surface area (Å²) in [6.07, 6.45) is 5.60. The zero-order valence-electron chi connectivity index (χ0n) is 14.3. The molecule has 0 radical (unpaired) electrons. The SMILES string of the molecule is CC(=O)c1ccc(OCc2cc(C(=O)NC3CCCCC3)no2)cc1. The monoisotopic (exact) mass is 342 g/mol. The minimum absolute atomic E-state index is 0.00963. The summed E-state index contributed by atoms with van der Waals surface area (Å²) in [6.45, 7) is 1.69. The van der Waals surface area contributed by atoms with E-state index in [2.05, 4.69) is 10.5 Å². The van der Waals surface area contributed by atoms with E-state index in [1.807, 2.05) is 0 Å². The Labute approximate surface area is 146 Å². The Morgan fingerprint density at radius 2 is 1.92 bits per heavy atom. The highest BCUT2D eigenvalue weighted by atomic mass is 16.5. The van der Waals surface area contributed by atoms with Crippen LogP contribution in [0.5, 0.6) is 5.75 Å². The fourth-order valence-corrected chi connectivity index (χ4v) is 2.93. The number of benzene rings is 1. The first-order valence-electron chi connectivity index (χ1n) is 8.62. The molecule has 0 bridgehead atoms. The number of aromatic nitrogens is 1. The third-order valence-electron chi connectivity index (χ3n) is 4.37. The number of hydrogen-bond acceptors (Lipinski definition) is 5. The van der Waals surface area contributed by atoms with Gasteiger partial charge in [-0.3, -0.25) is 9.59 Å². The Bertz CT molecular complexity index is 730. The van der Waals surface area contributed by atoms with Gasteiger partial charge in [-0.15, -0.1) is 0 Å². The Morgan fingerprint density at radius 1 is 1.20 bits per heavy atom. The first-order valence-corrected chi connectivity index (χ1v) is 8.62. The normalized spacial score (nSPS) is 14.9. The van der Waals surface area contributed by atoms with Crippen LogP contribution in [-0.4, -0.2) is 22.9 Å². The molecule has 3 rings (SSSR count). The van der Waals surface area contributed by atoms with Gasteiger partial charge in [0.2, 0.25) is 0 Å². The van der Waals surface area contributed by atoms with Crippen molar-refractivity contribution in [1.82, 2.24) is 10.5 Å². The van der Waals surface area contributed by atoms with Crippen LogP contribution in [-0.2, 0) is 6.61 Å². The van der Waals surface area contributed by atoms with E-state index in [4.69, 9.17) is 9.26 Å². The Hall–Kier alpha value is -2.63. The van der Waals surface area contributed by atoms with Crippen molar-refractivity contribution in [3.05, 3.63) is 47.3 Å². The van der Waals surface area contributed by atoms with Crippen LogP contribution in [0, 0.1) is 0 Å². The largest absolute Gasteiger partial charge is 0.486 e. The maximum Gasteiger partial charge on any atom is 0.273 e. The van der Waals surface area contributed by atoms with Gasteiger partial charge in [0.1, 0.15) is 12.4 Å². The molecule has 1 saturated carbocycles. The summed E-state index contributed by atoms with van der Waals surface area (Å²) < 4.78 is 10.8. The Balaban J connectivity index is 1.52. The fraction of sp³-hybridized carbons (Fsp3) is 0.421. The molecule has 2 aromatic rings. The average Bonchev–Trinajstić information content (AvgIpc) is 3.10. The van der Waals surface area contributed by atoms with Crippen LogP contribution in [0.3, 0.4) is 0 Å². The molecule has 1 amide bonds. The van der Waals surface area contributed by atoms with E-state index in [1.165, 1.54) is 13.3 Å². The van der Waals surface area contributed by atoms with Crippen molar-refractivity contribution in [2.24, 2.45) is 0 Å². The van der Waals surface area contributed by atoms with E-state index in [-0.39, 0.29) is 30.0 Å². The van der Waals surface area contributed by atoms with E-state index in [9.17, 15) is 9.59 Å². The molecule has 1 heterocycles. The van der Waals surface area contributed by atoms with E-state index in [1.54, 1.807) is 30.3 Å². The quantitative estimate of drug-likeness (QED) is 0.812. The first-order chi connectivity index (χ1) is 12.1. The van der Waals surface area contributed by atoms with Gasteiger partial charge in [0.05, 0.1) is 0 Å². The lowest BCUT2D eigenvalue weighted by Gasteiger charge is -2.22. The minimum atomic E-state index is -0.201. The molecule has 132 valence electrons. The predicted molar refractivity (Wildman–Crippen MR) is 91.6 cm³/mol. The van der Waals surface area contributed by atoms with Gasteiger partial charge in [0.25, 0.3) is 5.91 Å². The van der Waals surface area contributed by atoms with Crippen LogP contribution in [0.1, 0.15) is 65.6 Å². The molecule has 0 aliphatic heterocycles. The van der Waals surface area contributed by atoms with Crippen LogP contribution in [0.4, 0.5) is 0 Å². The number of nitrogens with zero attached hydrogens (tertiary/aromatic N) is 1. The van der Waals surface area contributed by atoms with Crippen LogP contribution in [0.25, 0.3) is 0 Å². The first kappa shape index (κ1) is 17.2. The highest BCUT2D eigenvalue weighted by molar-refractivity contribution is 5.94. The molecule has 0 atom stereocenters. The number of ketones is 1. The van der Waals surface area contributed by atoms with Crippen molar-refractivity contribution in [1.29, 1.82) is 0 Å². The molecule has 0 saturated heterocycles. The van der Waals surface area contributed by atoms with E-state index < -0.39 is 0 Å². The fourth-order valence-electron chi connectivity index (χ4n) is 2.93. The maximum absolute atomic E-state index is 12.2. The number of carbonyl (C=O) groups excluding carboxylic acids is 2. The summed E-state index contributed by atoms with van der Waals surface area (Å²) >= 11 is 0. The van der Waals surface area contributed by atoms with Crippen molar-refractivity contribution in [3.63, 3.8) is 0 Å². The molecule has 1 aliphatic carbocycles. The third-order valence-corrected chi connectivity index (χ3v) is 4.37. The van der Waals surface area contributed by atoms with Gasteiger partial charge in [-0.2, -0.15) is 0 Å². The Kier molecular flexibility index (Phi) is 5.48. The highest BCUT2D eigenvalue weighted by Crippen LogP contribution is 2.18. The summed E-state index contributed by atoms with van der Waals surface area (Å²) in [5.74, 6) is 0.905. The second-order valence-electron chi connectivity index (χ2n) is 6.36. The average molecular weight is 342 g/mol. The molecule has 1 aromatic heterocycles. The molecule has 6 heteroatoms. The number of hydrogen-bond donors (Lipinski definition) is 1. The van der Waals surface area contributed by atoms with Gasteiger partial charge in [-0.05, 0) is 44.0 Å². The topological polar surface area (TPSA) is 81.4 Å². The summed E-state index contributed by atoms with van der Waals surface area (Å²) in [7, 11) is 0. The molecule has 1 N–H and O–H groups in total. The number of nitrogens with one attached hydrogen (secondary N) is 1. The van der Waals surface area contributed by atoms with Crippen molar-refractivity contribution in [2.45, 2.75) is 51.7 Å². The van der Waals surface area contributed by atoms with Gasteiger partial charge >= 0.3 is 0 Å². The molecular weight excluding hydrogens is 320 g/mol. The van der Waals surface area contributed by atoms with Crippen molar-refractivity contribution in [2.75, 3.05) is 0 Å². The van der Waals surface area contributed by atoms with Gasteiger partial charge in [0, 0.05) is 17.7 Å². The van der Waals surface area contributed by atoms with Crippen molar-refractivity contribution in [3.8, 4) is 5.75 Å². The molecule has 1 aromatic carbocycles. The highest BCUT2D eigenvalue weighted by Gasteiger charge is 2.19. The van der Waals surface area contributed by atoms with Gasteiger partial charge in [-0.1, -0.05) is 24.4 Å². The number of Topliss-reactive ketones (excluding diaryl/α,β-unsaturated/α-hetero) is 1. The standard InChI is InChI=1S/C19H22N2O4/c1-13(22)14-7-9-16(10-8-14)24-12-17-11-18(21-25-17)19(23)20-15-5-3-2-4-6-15/h7-11,15H,2-6,12H2,1H3,(H,20,23). The molecule has 6 nitrogen and oxygen atoms in total. The van der Waals surface area contributed by atoms with E-state index >= 15 is 0 Å². The number of rotatable bonds is 6. The number of amides is 1. The summed E-state index contributed by atoms with van der Waals surface area (Å²) in [5.41, 5.74) is 0.907. The molecule has 25 heavy (non-hydrogen) atoms. The number of carbonyl (C=O) groups is 2. The van der Waals surface area contributed by atoms with Crippen molar-refractivity contribution >= 4 is 11.7 Å². The third kappa shape index (κ3) is 4.68. The van der Waals surface area contributed by atoms with Crippen LogP contribution in [0.2, 0.25) is 0 Å². The maximum atomic E-state index is 12.2. The molecule has 0 spiro atoms. The second kappa shape index (κ2) is 7.96. The summed E-state index contributed by atoms with van der Waals surface area (Å²) in [6, 6.07) is 8.70. The molecule has 0 unspecified atom stereocenters. The minimum Gasteiger partial charge on any atom is -0.486 e. The van der Waals surface area contributed by atoms with Crippen LogP contribution >= 0.6 is 0 Å². The summed E-state index contributed by atoms with van der Waals surface area (Å²) in [5, 5.41) is 6.82. The van der Waals surface area contributed by atoms with E-state index in [0.29, 0.717) is 17.1 Å². The zero-order chi connectivity index (χ0) is 17.6. The van der Waals surface area contributed by atoms with Crippen LogP contribution in [0.15, 0.2) is 34.9 Å². The Morgan fingerprint density at radius 3 is 2.60 bits per heavy atom. The number of ether oxygens (including phenoxy) is 1. The van der Waals surface area contributed by atoms with Crippen molar-refractivity contribution < 1.29 is 18.8 Å². The lowest BCUT2D eigenvalue weighted by atomic mass is 9.95. The lowest BCUT2D eigenvalue weighted by molar-refractivity contribution is 0.0917. The van der Waals surface area contributed by atoms with E-state index in [0.717, 1.165) is 25.7 Å².